The van der Waals surface area contributed by atoms with Gasteiger partial charge in [0.1, 0.15) is 0 Å². The van der Waals surface area contributed by atoms with Crippen molar-refractivity contribution in [2.45, 2.75) is 59.4 Å². The molecule has 0 saturated carbocycles. The van der Waals surface area contributed by atoms with E-state index in [1.54, 1.807) is 0 Å². The number of esters is 1. The average Bonchev–Trinajstić information content (AvgIpc) is 2.64. The zero-order valence-corrected chi connectivity index (χ0v) is 18.3. The molecule has 0 radical (unpaired) electrons. The van der Waals surface area contributed by atoms with Gasteiger partial charge in [0.15, 0.2) is 5.96 Å². The van der Waals surface area contributed by atoms with Crippen LogP contribution in [0.1, 0.15) is 53.9 Å². The van der Waals surface area contributed by atoms with Gasteiger partial charge < -0.3 is 15.0 Å². The van der Waals surface area contributed by atoms with Crippen LogP contribution < -0.4 is 5.32 Å². The number of ether oxygens (including phenoxy) is 1. The third kappa shape index (κ3) is 6.09. The van der Waals surface area contributed by atoms with E-state index in [2.05, 4.69) is 49.7 Å². The van der Waals surface area contributed by atoms with Gasteiger partial charge in [-0.15, -0.1) is 0 Å². The van der Waals surface area contributed by atoms with E-state index < -0.39 is 0 Å². The van der Waals surface area contributed by atoms with Crippen molar-refractivity contribution < 1.29 is 9.53 Å². The number of carbonyl (C=O) groups excluding carboxylic acids is 1. The molecule has 2 aliphatic rings. The molecule has 2 aliphatic heterocycles. The molecule has 1 N–H and O–H groups in total. The Labute approximate surface area is 165 Å². The first kappa shape index (κ1) is 22.0. The molecule has 2 heterocycles. The quantitative estimate of drug-likeness (QED) is 0.451. The van der Waals surface area contributed by atoms with E-state index in [0.717, 1.165) is 69.9 Å². The molecular weight excluding hydrogens is 340 g/mol. The number of piperidine rings is 2. The van der Waals surface area contributed by atoms with Gasteiger partial charge in [0.2, 0.25) is 0 Å². The summed E-state index contributed by atoms with van der Waals surface area (Å²) < 4.78 is 4.90. The fourth-order valence-electron chi connectivity index (χ4n) is 4.45. The highest BCUT2D eigenvalue weighted by Crippen LogP contribution is 2.27. The first-order valence-electron chi connectivity index (χ1n) is 10.6. The molecule has 0 aromatic rings. The number of guanidine groups is 1. The molecular formula is C21H40N4O2. The molecule has 156 valence electrons. The largest absolute Gasteiger partial charge is 0.469 e. The van der Waals surface area contributed by atoms with Gasteiger partial charge in [-0.1, -0.05) is 13.8 Å². The Hall–Kier alpha value is -1.30. The number of methoxy groups -OCH3 is 1. The minimum absolute atomic E-state index is 0.0295. The third-order valence-corrected chi connectivity index (χ3v) is 6.00. The molecule has 6 heteroatoms. The van der Waals surface area contributed by atoms with E-state index in [1.165, 1.54) is 13.5 Å². The second-order valence-electron chi connectivity index (χ2n) is 9.12. The number of likely N-dealkylation sites (tertiary alicyclic amines) is 2. The highest BCUT2D eigenvalue weighted by molar-refractivity contribution is 5.80. The number of carbonyl (C=O) groups is 1. The highest BCUT2D eigenvalue weighted by atomic mass is 16.5. The van der Waals surface area contributed by atoms with Crippen molar-refractivity contribution >= 4 is 11.9 Å². The van der Waals surface area contributed by atoms with E-state index in [1.807, 2.05) is 0 Å². The molecule has 0 bridgehead atoms. The smallest absolute Gasteiger partial charge is 0.308 e. The number of rotatable bonds is 5. The van der Waals surface area contributed by atoms with E-state index in [4.69, 9.17) is 9.73 Å². The molecule has 0 aliphatic carbocycles. The summed E-state index contributed by atoms with van der Waals surface area (Å²) in [6.07, 6.45) is 3.00. The zero-order valence-electron chi connectivity index (χ0n) is 18.3. The van der Waals surface area contributed by atoms with Crippen molar-refractivity contribution in [3.63, 3.8) is 0 Å². The Balaban J connectivity index is 1.99. The van der Waals surface area contributed by atoms with E-state index in [9.17, 15) is 4.79 Å². The van der Waals surface area contributed by atoms with Crippen molar-refractivity contribution in [2.75, 3.05) is 46.4 Å². The molecule has 2 rings (SSSR count). The van der Waals surface area contributed by atoms with E-state index >= 15 is 0 Å². The second-order valence-corrected chi connectivity index (χ2v) is 9.12. The highest BCUT2D eigenvalue weighted by Gasteiger charge is 2.33. The summed E-state index contributed by atoms with van der Waals surface area (Å²) in [7, 11) is 1.48. The first-order valence-corrected chi connectivity index (χ1v) is 10.6. The molecule has 2 saturated heterocycles. The number of hydrogen-bond acceptors (Lipinski definition) is 4. The minimum atomic E-state index is -0.0777. The predicted molar refractivity (Wildman–Crippen MR) is 111 cm³/mol. The van der Waals surface area contributed by atoms with Gasteiger partial charge in [-0.05, 0) is 51.9 Å². The van der Waals surface area contributed by atoms with Gasteiger partial charge in [-0.2, -0.15) is 0 Å². The molecule has 6 nitrogen and oxygen atoms in total. The Bertz CT molecular complexity index is 502. The molecule has 2 atom stereocenters. The Morgan fingerprint density at radius 1 is 1.19 bits per heavy atom. The Kier molecular flexibility index (Phi) is 7.95. The van der Waals surface area contributed by atoms with Crippen molar-refractivity contribution in [3.8, 4) is 0 Å². The summed E-state index contributed by atoms with van der Waals surface area (Å²) in [6.45, 7) is 17.1. The first-order chi connectivity index (χ1) is 12.8. The number of hydrogen-bond donors (Lipinski definition) is 1. The zero-order chi connectivity index (χ0) is 20.0. The lowest BCUT2D eigenvalue weighted by atomic mass is 9.88. The number of nitrogens with zero attached hydrogens (tertiary/aromatic N) is 3. The molecule has 0 spiro atoms. The van der Waals surface area contributed by atoms with Gasteiger partial charge in [-0.25, -0.2) is 0 Å². The molecule has 0 aromatic heterocycles. The number of nitrogens with one attached hydrogen (secondary N) is 1. The Morgan fingerprint density at radius 2 is 1.78 bits per heavy atom. The van der Waals surface area contributed by atoms with E-state index in [-0.39, 0.29) is 17.4 Å². The van der Waals surface area contributed by atoms with Crippen LogP contribution in [0.3, 0.4) is 0 Å². The third-order valence-electron chi connectivity index (χ3n) is 6.00. The lowest BCUT2D eigenvalue weighted by Crippen LogP contribution is -2.53. The SMILES string of the molecule is CCNC(=NCC(C)(C)N1CC(C)CC(C)C1)N1CCC(C(=O)OC)CC1. The van der Waals surface area contributed by atoms with Gasteiger partial charge in [0.25, 0.3) is 0 Å². The lowest BCUT2D eigenvalue weighted by Gasteiger charge is -2.44. The predicted octanol–water partition coefficient (Wildman–Crippen LogP) is 2.59. The van der Waals surface area contributed by atoms with Crippen LogP contribution >= 0.6 is 0 Å². The Morgan fingerprint density at radius 3 is 2.30 bits per heavy atom. The van der Waals surface area contributed by atoms with Crippen LogP contribution in [0.4, 0.5) is 0 Å². The standard InChI is InChI=1S/C21H40N4O2/c1-7-22-20(24-10-8-18(9-11-24)19(26)27-6)23-15-21(4,5)25-13-16(2)12-17(3)14-25/h16-18H,7-15H2,1-6H3,(H,22,23). The molecule has 2 unspecified atom stereocenters. The molecule has 2 fully saturated rings. The summed E-state index contributed by atoms with van der Waals surface area (Å²) in [6, 6.07) is 0. The average molecular weight is 381 g/mol. The van der Waals surface area contributed by atoms with Crippen LogP contribution in [0, 0.1) is 17.8 Å². The monoisotopic (exact) mass is 380 g/mol. The molecule has 27 heavy (non-hydrogen) atoms. The second kappa shape index (κ2) is 9.76. The summed E-state index contributed by atoms with van der Waals surface area (Å²) >= 11 is 0. The van der Waals surface area contributed by atoms with Crippen molar-refractivity contribution in [1.82, 2.24) is 15.1 Å². The van der Waals surface area contributed by atoms with Crippen LogP contribution in [-0.2, 0) is 9.53 Å². The van der Waals surface area contributed by atoms with E-state index in [0.29, 0.717) is 0 Å². The summed E-state index contributed by atoms with van der Waals surface area (Å²) in [4.78, 5) is 21.7. The summed E-state index contributed by atoms with van der Waals surface area (Å²) in [5.41, 5.74) is 0.0496. The topological polar surface area (TPSA) is 57.2 Å². The van der Waals surface area contributed by atoms with Gasteiger partial charge in [0, 0.05) is 38.3 Å². The van der Waals surface area contributed by atoms with Crippen molar-refractivity contribution in [1.29, 1.82) is 0 Å². The van der Waals surface area contributed by atoms with Crippen LogP contribution in [-0.4, -0.2) is 73.6 Å². The van der Waals surface area contributed by atoms with Crippen molar-refractivity contribution in [3.05, 3.63) is 0 Å². The van der Waals surface area contributed by atoms with Crippen LogP contribution in [0.25, 0.3) is 0 Å². The van der Waals surface area contributed by atoms with Crippen LogP contribution in [0.5, 0.6) is 0 Å². The fourth-order valence-corrected chi connectivity index (χ4v) is 4.45. The maximum atomic E-state index is 11.8. The van der Waals surface area contributed by atoms with Crippen LogP contribution in [0.15, 0.2) is 4.99 Å². The lowest BCUT2D eigenvalue weighted by molar-refractivity contribution is -0.146. The number of aliphatic imine (C=N–C) groups is 1. The summed E-state index contributed by atoms with van der Waals surface area (Å²) in [5.74, 6) is 2.44. The molecule has 0 aromatic carbocycles. The van der Waals surface area contributed by atoms with Crippen molar-refractivity contribution in [2.24, 2.45) is 22.7 Å². The summed E-state index contributed by atoms with van der Waals surface area (Å²) in [5, 5.41) is 3.44. The van der Waals surface area contributed by atoms with Crippen LogP contribution in [0.2, 0.25) is 0 Å². The minimum Gasteiger partial charge on any atom is -0.469 e. The molecule has 0 amide bonds. The maximum Gasteiger partial charge on any atom is 0.308 e. The normalized spacial score (nSPS) is 26.1. The van der Waals surface area contributed by atoms with Gasteiger partial charge >= 0.3 is 5.97 Å². The fraction of sp³-hybridized carbons (Fsp3) is 0.905. The van der Waals surface area contributed by atoms with Gasteiger partial charge in [0.05, 0.1) is 19.6 Å². The van der Waals surface area contributed by atoms with Gasteiger partial charge in [-0.3, -0.25) is 14.7 Å². The maximum absolute atomic E-state index is 11.8.